The van der Waals surface area contributed by atoms with Crippen molar-refractivity contribution in [2.24, 2.45) is 0 Å². The normalized spacial score (nSPS) is 15.9. The van der Waals surface area contributed by atoms with Crippen molar-refractivity contribution >= 4 is 11.3 Å². The van der Waals surface area contributed by atoms with Crippen molar-refractivity contribution < 1.29 is 4.74 Å². The highest BCUT2D eigenvalue weighted by Crippen LogP contribution is 2.42. The highest BCUT2D eigenvalue weighted by Gasteiger charge is 2.29. The molecule has 1 N–H and O–H groups in total. The van der Waals surface area contributed by atoms with E-state index in [1.807, 2.05) is 0 Å². The highest BCUT2D eigenvalue weighted by molar-refractivity contribution is 7.11. The fourth-order valence-corrected chi connectivity index (χ4v) is 2.74. The molecule has 3 nitrogen and oxygen atoms in total. The van der Waals surface area contributed by atoms with Crippen LogP contribution in [0.25, 0.3) is 0 Å². The van der Waals surface area contributed by atoms with Crippen molar-refractivity contribution in [3.05, 3.63) is 15.6 Å². The zero-order valence-corrected chi connectivity index (χ0v) is 10.2. The molecule has 15 heavy (non-hydrogen) atoms. The van der Waals surface area contributed by atoms with Gasteiger partial charge < -0.3 is 10.1 Å². The second-order valence-electron chi connectivity index (χ2n) is 3.90. The van der Waals surface area contributed by atoms with Crippen LogP contribution in [-0.2, 0) is 17.9 Å². The molecule has 4 heteroatoms. The third-order valence-corrected chi connectivity index (χ3v) is 3.58. The van der Waals surface area contributed by atoms with Gasteiger partial charge in [-0.1, -0.05) is 6.92 Å². The fraction of sp³-hybridized carbons (Fsp3) is 0.727. The topological polar surface area (TPSA) is 34.1 Å². The Morgan fingerprint density at radius 3 is 2.93 bits per heavy atom. The number of hydrogen-bond donors (Lipinski definition) is 1. The molecule has 1 saturated carbocycles. The van der Waals surface area contributed by atoms with E-state index < -0.39 is 0 Å². The Kier molecular flexibility index (Phi) is 3.72. The molecule has 1 aromatic rings. The standard InChI is InChI=1S/C11H18N2OS/c1-3-12-6-9-11(8-4-5-8)13-10(15-9)7-14-2/h8,12H,3-7H2,1-2H3. The molecule has 0 atom stereocenters. The first kappa shape index (κ1) is 11.0. The maximum absolute atomic E-state index is 5.13. The summed E-state index contributed by atoms with van der Waals surface area (Å²) in [5.41, 5.74) is 1.33. The second-order valence-corrected chi connectivity index (χ2v) is 5.07. The maximum atomic E-state index is 5.13. The number of rotatable bonds is 6. The number of hydrogen-bond acceptors (Lipinski definition) is 4. The predicted molar refractivity (Wildman–Crippen MR) is 62.2 cm³/mol. The molecule has 1 aliphatic rings. The van der Waals surface area contributed by atoms with Gasteiger partial charge in [0.05, 0.1) is 12.3 Å². The van der Waals surface area contributed by atoms with Crippen LogP contribution in [0, 0.1) is 0 Å². The van der Waals surface area contributed by atoms with Gasteiger partial charge in [0.15, 0.2) is 0 Å². The Morgan fingerprint density at radius 1 is 1.53 bits per heavy atom. The van der Waals surface area contributed by atoms with E-state index in [9.17, 15) is 0 Å². The number of methoxy groups -OCH3 is 1. The van der Waals surface area contributed by atoms with Gasteiger partial charge in [0, 0.05) is 24.4 Å². The summed E-state index contributed by atoms with van der Waals surface area (Å²) in [6.45, 7) is 4.76. The monoisotopic (exact) mass is 226 g/mol. The van der Waals surface area contributed by atoms with Crippen molar-refractivity contribution in [2.75, 3.05) is 13.7 Å². The molecule has 0 bridgehead atoms. The molecular weight excluding hydrogens is 208 g/mol. The summed E-state index contributed by atoms with van der Waals surface area (Å²) in [6.07, 6.45) is 2.63. The highest BCUT2D eigenvalue weighted by atomic mass is 32.1. The maximum Gasteiger partial charge on any atom is 0.119 e. The summed E-state index contributed by atoms with van der Waals surface area (Å²) in [6, 6.07) is 0. The zero-order valence-electron chi connectivity index (χ0n) is 9.38. The Hall–Kier alpha value is -0.450. The molecule has 84 valence electrons. The van der Waals surface area contributed by atoms with E-state index in [0.29, 0.717) is 6.61 Å². The quantitative estimate of drug-likeness (QED) is 0.808. The summed E-state index contributed by atoms with van der Waals surface area (Å²) >= 11 is 1.79. The van der Waals surface area contributed by atoms with Crippen LogP contribution in [-0.4, -0.2) is 18.6 Å². The summed E-state index contributed by atoms with van der Waals surface area (Å²) in [5.74, 6) is 0.737. The number of thiazole rings is 1. The molecule has 0 radical (unpaired) electrons. The van der Waals surface area contributed by atoms with Crippen LogP contribution in [0.4, 0.5) is 0 Å². The first-order valence-electron chi connectivity index (χ1n) is 5.53. The Balaban J connectivity index is 2.09. The third kappa shape index (κ3) is 2.77. The van der Waals surface area contributed by atoms with Gasteiger partial charge in [0.2, 0.25) is 0 Å². The van der Waals surface area contributed by atoms with Crippen molar-refractivity contribution in [3.63, 3.8) is 0 Å². The molecule has 1 aliphatic carbocycles. The molecule has 1 heterocycles. The molecule has 1 aromatic heterocycles. The van der Waals surface area contributed by atoms with Gasteiger partial charge in [-0.25, -0.2) is 4.98 Å². The average molecular weight is 226 g/mol. The minimum atomic E-state index is 0.649. The zero-order chi connectivity index (χ0) is 10.7. The SMILES string of the molecule is CCNCc1sc(COC)nc1C1CC1. The summed E-state index contributed by atoms with van der Waals surface area (Å²) in [7, 11) is 1.72. The first-order valence-corrected chi connectivity index (χ1v) is 6.35. The largest absolute Gasteiger partial charge is 0.378 e. The van der Waals surface area contributed by atoms with Gasteiger partial charge in [-0.05, 0) is 19.4 Å². The number of ether oxygens (including phenoxy) is 1. The van der Waals surface area contributed by atoms with Gasteiger partial charge >= 0.3 is 0 Å². The van der Waals surface area contributed by atoms with Crippen LogP contribution in [0.5, 0.6) is 0 Å². The predicted octanol–water partition coefficient (Wildman–Crippen LogP) is 2.28. The molecule has 0 aromatic carbocycles. The molecule has 2 rings (SSSR count). The van der Waals surface area contributed by atoms with Gasteiger partial charge in [-0.3, -0.25) is 0 Å². The average Bonchev–Trinajstić information content (AvgIpc) is 2.99. The molecule has 0 saturated heterocycles. The summed E-state index contributed by atoms with van der Waals surface area (Å²) in [5, 5.41) is 4.49. The van der Waals surface area contributed by atoms with Crippen molar-refractivity contribution in [1.82, 2.24) is 10.3 Å². The van der Waals surface area contributed by atoms with Crippen molar-refractivity contribution in [1.29, 1.82) is 0 Å². The molecule has 0 unspecified atom stereocenters. The van der Waals surface area contributed by atoms with Crippen LogP contribution >= 0.6 is 11.3 Å². The Labute approximate surface area is 94.9 Å². The molecular formula is C11H18N2OS. The minimum absolute atomic E-state index is 0.649. The second kappa shape index (κ2) is 5.05. The van der Waals surface area contributed by atoms with E-state index in [2.05, 4.69) is 17.2 Å². The van der Waals surface area contributed by atoms with Crippen LogP contribution in [0.2, 0.25) is 0 Å². The van der Waals surface area contributed by atoms with Gasteiger partial charge in [0.25, 0.3) is 0 Å². The smallest absolute Gasteiger partial charge is 0.119 e. The van der Waals surface area contributed by atoms with E-state index >= 15 is 0 Å². The van der Waals surface area contributed by atoms with Crippen molar-refractivity contribution in [2.45, 2.75) is 38.8 Å². The lowest BCUT2D eigenvalue weighted by Gasteiger charge is -2.00. The van der Waals surface area contributed by atoms with E-state index in [4.69, 9.17) is 4.74 Å². The van der Waals surface area contributed by atoms with Crippen LogP contribution in [0.1, 0.15) is 41.3 Å². The van der Waals surface area contributed by atoms with Crippen LogP contribution in [0.3, 0.4) is 0 Å². The lowest BCUT2D eigenvalue weighted by molar-refractivity contribution is 0.184. The van der Waals surface area contributed by atoms with E-state index in [-0.39, 0.29) is 0 Å². The lowest BCUT2D eigenvalue weighted by atomic mass is 10.2. The Bertz CT molecular complexity index is 320. The van der Waals surface area contributed by atoms with Crippen molar-refractivity contribution in [3.8, 4) is 0 Å². The Morgan fingerprint density at radius 2 is 2.33 bits per heavy atom. The van der Waals surface area contributed by atoms with Crippen LogP contribution < -0.4 is 5.32 Å². The number of nitrogens with one attached hydrogen (secondary N) is 1. The van der Waals surface area contributed by atoms with Gasteiger partial charge in [0.1, 0.15) is 5.01 Å². The lowest BCUT2D eigenvalue weighted by Crippen LogP contribution is -2.11. The van der Waals surface area contributed by atoms with E-state index in [0.717, 1.165) is 24.0 Å². The third-order valence-electron chi connectivity index (χ3n) is 2.54. The molecule has 0 amide bonds. The van der Waals surface area contributed by atoms with Crippen LogP contribution in [0.15, 0.2) is 0 Å². The first-order chi connectivity index (χ1) is 7.35. The summed E-state index contributed by atoms with van der Waals surface area (Å²) < 4.78 is 5.13. The van der Waals surface area contributed by atoms with E-state index in [1.165, 1.54) is 23.4 Å². The van der Waals surface area contributed by atoms with E-state index in [1.54, 1.807) is 18.4 Å². The fourth-order valence-electron chi connectivity index (χ4n) is 1.64. The summed E-state index contributed by atoms with van der Waals surface area (Å²) in [4.78, 5) is 6.08. The molecule has 1 fully saturated rings. The van der Waals surface area contributed by atoms with Gasteiger partial charge in [-0.2, -0.15) is 0 Å². The minimum Gasteiger partial charge on any atom is -0.378 e. The molecule has 0 aliphatic heterocycles. The molecule has 0 spiro atoms. The number of aromatic nitrogens is 1. The number of nitrogens with zero attached hydrogens (tertiary/aromatic N) is 1. The van der Waals surface area contributed by atoms with Gasteiger partial charge in [-0.15, -0.1) is 11.3 Å².